The average Bonchev–Trinajstić information content (AvgIpc) is 2.59. The number of phenolic OH excluding ortho intramolecular Hbond substituents is 1. The molecule has 5 nitrogen and oxygen atoms in total. The maximum Gasteiger partial charge on any atom is 0.163 e. The van der Waals surface area contributed by atoms with Gasteiger partial charge in [-0.15, -0.1) is 0 Å². The Balaban J connectivity index is 2.58. The molecule has 0 aliphatic heterocycles. The van der Waals surface area contributed by atoms with Gasteiger partial charge in [0.1, 0.15) is 5.82 Å². The van der Waals surface area contributed by atoms with Gasteiger partial charge in [0, 0.05) is 12.6 Å². The summed E-state index contributed by atoms with van der Waals surface area (Å²) in [5.74, 6) is 1.15. The molecule has 3 N–H and O–H groups in total. The first-order chi connectivity index (χ1) is 8.04. The molecule has 0 amide bonds. The molecule has 90 valence electrons. The summed E-state index contributed by atoms with van der Waals surface area (Å²) in [6, 6.07) is 3.53. The van der Waals surface area contributed by atoms with Gasteiger partial charge in [0.25, 0.3) is 0 Å². The number of benzene rings is 1. The van der Waals surface area contributed by atoms with Gasteiger partial charge < -0.3 is 15.6 Å². The van der Waals surface area contributed by atoms with Crippen molar-refractivity contribution in [2.75, 3.05) is 12.8 Å². The molecular weight excluding hydrogens is 218 g/mol. The predicted octanol–water partition coefficient (Wildman–Crippen LogP) is 1.69. The Labute approximate surface area is 99.4 Å². The van der Waals surface area contributed by atoms with E-state index < -0.39 is 0 Å². The number of aromatic hydroxyl groups is 1. The van der Waals surface area contributed by atoms with Crippen LogP contribution >= 0.6 is 0 Å². The van der Waals surface area contributed by atoms with Gasteiger partial charge in [-0.1, -0.05) is 0 Å². The van der Waals surface area contributed by atoms with Gasteiger partial charge in [0.05, 0.1) is 13.3 Å². The first-order valence-electron chi connectivity index (χ1n) is 5.20. The Hall–Kier alpha value is -2.17. The highest BCUT2D eigenvalue weighted by molar-refractivity contribution is 5.76. The average molecular weight is 233 g/mol. The van der Waals surface area contributed by atoms with Crippen molar-refractivity contribution in [1.82, 2.24) is 9.78 Å². The van der Waals surface area contributed by atoms with Crippen LogP contribution in [0.25, 0.3) is 11.1 Å². The number of aromatic nitrogens is 2. The van der Waals surface area contributed by atoms with Crippen LogP contribution in [0.3, 0.4) is 0 Å². The number of phenols is 1. The van der Waals surface area contributed by atoms with E-state index in [0.29, 0.717) is 11.6 Å². The SMILES string of the molecule is COc1c(C)cc(-c2cnn(C)c2N)cc1O. The van der Waals surface area contributed by atoms with Crippen LogP contribution < -0.4 is 10.5 Å². The van der Waals surface area contributed by atoms with Crippen molar-refractivity contribution < 1.29 is 9.84 Å². The maximum absolute atomic E-state index is 9.84. The molecule has 0 radical (unpaired) electrons. The van der Waals surface area contributed by atoms with Crippen LogP contribution in [-0.2, 0) is 7.05 Å². The van der Waals surface area contributed by atoms with Gasteiger partial charge in [-0.05, 0) is 30.2 Å². The lowest BCUT2D eigenvalue weighted by atomic mass is 10.0. The summed E-state index contributed by atoms with van der Waals surface area (Å²) in [6.45, 7) is 1.87. The number of aryl methyl sites for hydroxylation is 2. The molecule has 0 saturated heterocycles. The Bertz CT molecular complexity index is 538. The molecule has 0 spiro atoms. The highest BCUT2D eigenvalue weighted by atomic mass is 16.5. The molecule has 1 heterocycles. The molecule has 17 heavy (non-hydrogen) atoms. The van der Waals surface area contributed by atoms with Gasteiger partial charge in [-0.25, -0.2) is 0 Å². The zero-order valence-corrected chi connectivity index (χ0v) is 10.1. The van der Waals surface area contributed by atoms with Crippen molar-refractivity contribution >= 4 is 5.82 Å². The molecule has 0 unspecified atom stereocenters. The maximum atomic E-state index is 9.84. The number of hydrogen-bond donors (Lipinski definition) is 2. The Morgan fingerprint density at radius 3 is 2.59 bits per heavy atom. The van der Waals surface area contributed by atoms with Gasteiger partial charge >= 0.3 is 0 Å². The lowest BCUT2D eigenvalue weighted by Crippen LogP contribution is -1.98. The zero-order valence-electron chi connectivity index (χ0n) is 10.1. The van der Waals surface area contributed by atoms with Crippen LogP contribution in [-0.4, -0.2) is 22.0 Å². The van der Waals surface area contributed by atoms with E-state index >= 15 is 0 Å². The van der Waals surface area contributed by atoms with Crippen molar-refractivity contribution in [2.45, 2.75) is 6.92 Å². The van der Waals surface area contributed by atoms with E-state index in [2.05, 4.69) is 5.10 Å². The van der Waals surface area contributed by atoms with Crippen LogP contribution in [0.2, 0.25) is 0 Å². The van der Waals surface area contributed by atoms with Crippen LogP contribution in [0.4, 0.5) is 5.82 Å². The minimum atomic E-state index is 0.103. The number of nitrogens with zero attached hydrogens (tertiary/aromatic N) is 2. The second-order valence-electron chi connectivity index (χ2n) is 3.91. The van der Waals surface area contributed by atoms with Crippen LogP contribution in [0.15, 0.2) is 18.3 Å². The molecule has 0 atom stereocenters. The lowest BCUT2D eigenvalue weighted by molar-refractivity contribution is 0.371. The fourth-order valence-corrected chi connectivity index (χ4v) is 1.85. The molecule has 0 saturated carbocycles. The van der Waals surface area contributed by atoms with Crippen molar-refractivity contribution in [3.8, 4) is 22.6 Å². The van der Waals surface area contributed by atoms with Crippen LogP contribution in [0.1, 0.15) is 5.56 Å². The van der Waals surface area contributed by atoms with Gasteiger partial charge in [0.2, 0.25) is 0 Å². The quantitative estimate of drug-likeness (QED) is 0.827. The molecule has 0 bridgehead atoms. The normalized spacial score (nSPS) is 10.5. The summed E-state index contributed by atoms with van der Waals surface area (Å²) in [5, 5.41) is 13.9. The highest BCUT2D eigenvalue weighted by Gasteiger charge is 2.12. The van der Waals surface area contributed by atoms with E-state index in [0.717, 1.165) is 16.7 Å². The van der Waals surface area contributed by atoms with Crippen LogP contribution in [0, 0.1) is 6.92 Å². The molecule has 0 fully saturated rings. The van der Waals surface area contributed by atoms with Crippen molar-refractivity contribution in [2.24, 2.45) is 7.05 Å². The topological polar surface area (TPSA) is 73.3 Å². The minimum Gasteiger partial charge on any atom is -0.504 e. The molecule has 1 aromatic heterocycles. The monoisotopic (exact) mass is 233 g/mol. The van der Waals surface area contributed by atoms with Crippen molar-refractivity contribution in [1.29, 1.82) is 0 Å². The third-order valence-electron chi connectivity index (χ3n) is 2.75. The van der Waals surface area contributed by atoms with E-state index in [-0.39, 0.29) is 5.75 Å². The summed E-state index contributed by atoms with van der Waals surface area (Å²) in [7, 11) is 3.30. The number of hydrogen-bond acceptors (Lipinski definition) is 4. The second kappa shape index (κ2) is 4.01. The summed E-state index contributed by atoms with van der Waals surface area (Å²) in [5.41, 5.74) is 8.37. The Morgan fingerprint density at radius 2 is 2.12 bits per heavy atom. The molecule has 1 aromatic carbocycles. The largest absolute Gasteiger partial charge is 0.504 e. The summed E-state index contributed by atoms with van der Waals surface area (Å²) in [6.07, 6.45) is 1.68. The van der Waals surface area contributed by atoms with E-state index in [9.17, 15) is 5.11 Å². The number of ether oxygens (including phenoxy) is 1. The number of anilines is 1. The first-order valence-corrected chi connectivity index (χ1v) is 5.20. The summed E-state index contributed by atoms with van der Waals surface area (Å²) >= 11 is 0. The fourth-order valence-electron chi connectivity index (χ4n) is 1.85. The fraction of sp³-hybridized carbons (Fsp3) is 0.250. The highest BCUT2D eigenvalue weighted by Crippen LogP contribution is 2.36. The summed E-state index contributed by atoms with van der Waals surface area (Å²) < 4.78 is 6.69. The standard InChI is InChI=1S/C12H15N3O2/c1-7-4-8(5-10(16)11(7)17-3)9-6-14-15(2)12(9)13/h4-6,16H,13H2,1-3H3. The number of nitrogen functional groups attached to an aromatic ring is 1. The lowest BCUT2D eigenvalue weighted by Gasteiger charge is -2.09. The zero-order chi connectivity index (χ0) is 12.6. The smallest absolute Gasteiger partial charge is 0.163 e. The van der Waals surface area contributed by atoms with Gasteiger partial charge in [-0.2, -0.15) is 5.10 Å². The second-order valence-corrected chi connectivity index (χ2v) is 3.91. The Morgan fingerprint density at radius 1 is 1.41 bits per heavy atom. The van der Waals surface area contributed by atoms with E-state index in [4.69, 9.17) is 10.5 Å². The number of nitrogens with two attached hydrogens (primary N) is 1. The predicted molar refractivity (Wildman–Crippen MR) is 66.0 cm³/mol. The van der Waals surface area contributed by atoms with Crippen LogP contribution in [0.5, 0.6) is 11.5 Å². The van der Waals surface area contributed by atoms with E-state index in [1.54, 1.807) is 24.0 Å². The Kier molecular flexibility index (Phi) is 2.67. The third-order valence-corrected chi connectivity index (χ3v) is 2.75. The van der Waals surface area contributed by atoms with E-state index in [1.807, 2.05) is 13.0 Å². The van der Waals surface area contributed by atoms with Crippen molar-refractivity contribution in [3.05, 3.63) is 23.9 Å². The molecular formula is C12H15N3O2. The molecule has 0 aliphatic rings. The minimum absolute atomic E-state index is 0.103. The molecule has 2 rings (SSSR count). The van der Waals surface area contributed by atoms with Gasteiger partial charge in [-0.3, -0.25) is 4.68 Å². The van der Waals surface area contributed by atoms with Crippen molar-refractivity contribution in [3.63, 3.8) is 0 Å². The first kappa shape index (κ1) is 11.3. The third kappa shape index (κ3) is 1.80. The van der Waals surface area contributed by atoms with E-state index in [1.165, 1.54) is 7.11 Å². The molecule has 5 heteroatoms. The number of rotatable bonds is 2. The summed E-state index contributed by atoms with van der Waals surface area (Å²) in [4.78, 5) is 0. The molecule has 2 aromatic rings. The van der Waals surface area contributed by atoms with Gasteiger partial charge in [0.15, 0.2) is 11.5 Å². The molecule has 0 aliphatic carbocycles. The number of methoxy groups -OCH3 is 1.